The number of guanidine groups is 2. The third kappa shape index (κ3) is 11.8. The van der Waals surface area contributed by atoms with E-state index in [2.05, 4.69) is 36.6 Å². The van der Waals surface area contributed by atoms with Gasteiger partial charge < -0.3 is 99.1 Å². The molecule has 25 heteroatoms. The van der Waals surface area contributed by atoms with Gasteiger partial charge in [-0.25, -0.2) is 0 Å². The topological polar surface area (TPSA) is 423 Å². The summed E-state index contributed by atoms with van der Waals surface area (Å²) in [7, 11) is 0. The number of aldehydes is 1. The maximum atomic E-state index is 14.5. The summed E-state index contributed by atoms with van der Waals surface area (Å²) in [6.45, 7) is -0.703. The Hall–Kier alpha value is -6.03. The number of aliphatic hydroxyl groups excluding tert-OH is 7. The third-order valence-electron chi connectivity index (χ3n) is 11.5. The van der Waals surface area contributed by atoms with Crippen LogP contribution in [-0.4, -0.2) is 199 Å². The fourth-order valence-corrected chi connectivity index (χ4v) is 7.60. The summed E-state index contributed by atoms with van der Waals surface area (Å²) in [6, 6.07) is 3.38. The Balaban J connectivity index is 1.47. The molecule has 1 saturated heterocycles. The number of hydrogen-bond acceptors (Lipinski definition) is 21. The monoisotopic (exact) mass is 915 g/mol. The number of carbonyl (C=O) groups excluding carboxylic acids is 5. The van der Waals surface area contributed by atoms with Gasteiger partial charge in [0.25, 0.3) is 0 Å². The van der Waals surface area contributed by atoms with E-state index in [1.54, 1.807) is 37.3 Å². The summed E-state index contributed by atoms with van der Waals surface area (Å²) >= 11 is 0. The standard InChI is InChI=1S/C40H57N11O14/c1-17(19-5-3-2-4-6-19)26(41)35(62)47-22(11-18-7-9-21(55)10-8-18)34(61)49-27(29(56)23-12-44-39(42)48-23)37(64)50-28(36(63)46-20(14-52)15-53)30(57)24-13-45-40(43)51(24)38-33(60)32(59)31(58)25(16-54)65-38/h2-10,14,17,20,22-33,38,53-60H,11-13,15-16,41H2,1H3,(H2,43,45)(H,46,63)(H,47,62)(H,49,61)(H,50,64)(H3,42,44,48). The van der Waals surface area contributed by atoms with Crippen molar-refractivity contribution in [1.82, 2.24) is 31.5 Å². The van der Waals surface area contributed by atoms with Crippen LogP contribution in [0.4, 0.5) is 0 Å². The Kier molecular flexibility index (Phi) is 17.1. The average molecular weight is 916 g/mol. The second kappa shape index (κ2) is 22.2. The predicted molar refractivity (Wildman–Crippen MR) is 227 cm³/mol. The SMILES string of the molecule is CC(c1ccccc1)C(N)C(=O)NC(Cc1ccc(O)cc1)C(=O)NC(C(=O)NC(C(=O)NC(C=O)CO)C(O)C1CN=C(N)N1C1OC(CO)C(O)C(O)C1O)C(O)C1CN=C(N)N1. The molecule has 19 N–H and O–H groups in total. The number of phenolic OH excluding ortho intramolecular Hbond substituents is 1. The molecule has 65 heavy (non-hydrogen) atoms. The van der Waals surface area contributed by atoms with Gasteiger partial charge in [0, 0.05) is 12.3 Å². The zero-order valence-electron chi connectivity index (χ0n) is 35.1. The van der Waals surface area contributed by atoms with Gasteiger partial charge in [-0.15, -0.1) is 0 Å². The number of aliphatic imine (C=N–C) groups is 2. The van der Waals surface area contributed by atoms with Gasteiger partial charge in [-0.3, -0.25) is 29.2 Å². The Bertz CT molecular complexity index is 2030. The maximum absolute atomic E-state index is 14.5. The highest BCUT2D eigenvalue weighted by Crippen LogP contribution is 2.29. The highest BCUT2D eigenvalue weighted by Gasteiger charge is 2.52. The van der Waals surface area contributed by atoms with E-state index in [-0.39, 0.29) is 31.0 Å². The molecule has 0 bridgehead atoms. The van der Waals surface area contributed by atoms with Gasteiger partial charge in [0.05, 0.1) is 44.4 Å². The zero-order chi connectivity index (χ0) is 47.7. The minimum absolute atomic E-state index is 0.0923. The van der Waals surface area contributed by atoms with Gasteiger partial charge >= 0.3 is 0 Å². The number of benzene rings is 2. The van der Waals surface area contributed by atoms with E-state index < -0.39 is 140 Å². The van der Waals surface area contributed by atoms with Crippen molar-refractivity contribution in [2.45, 2.75) is 104 Å². The van der Waals surface area contributed by atoms with E-state index >= 15 is 0 Å². The van der Waals surface area contributed by atoms with Crippen LogP contribution in [0.25, 0.3) is 0 Å². The van der Waals surface area contributed by atoms with E-state index in [1.807, 2.05) is 0 Å². The van der Waals surface area contributed by atoms with Crippen LogP contribution >= 0.6 is 0 Å². The Morgan fingerprint density at radius 1 is 0.846 bits per heavy atom. The number of aliphatic hydroxyl groups is 7. The van der Waals surface area contributed by atoms with Crippen LogP contribution in [0.3, 0.4) is 0 Å². The fourth-order valence-electron chi connectivity index (χ4n) is 7.60. The number of phenols is 1. The molecule has 2 aromatic carbocycles. The molecule has 0 radical (unpaired) electrons. The highest BCUT2D eigenvalue weighted by atomic mass is 16.6. The Morgan fingerprint density at radius 3 is 2.08 bits per heavy atom. The Morgan fingerprint density at radius 2 is 1.48 bits per heavy atom. The molecule has 3 heterocycles. The molecule has 356 valence electrons. The first-order valence-electron chi connectivity index (χ1n) is 20.6. The lowest BCUT2D eigenvalue weighted by atomic mass is 9.93. The van der Waals surface area contributed by atoms with Crippen molar-refractivity contribution in [3.8, 4) is 5.75 Å². The zero-order valence-corrected chi connectivity index (χ0v) is 35.1. The van der Waals surface area contributed by atoms with Crippen molar-refractivity contribution in [3.05, 3.63) is 65.7 Å². The van der Waals surface area contributed by atoms with Crippen LogP contribution in [0.15, 0.2) is 64.6 Å². The average Bonchev–Trinajstić information content (AvgIpc) is 3.92. The van der Waals surface area contributed by atoms with Crippen molar-refractivity contribution >= 4 is 41.8 Å². The number of nitrogens with one attached hydrogen (secondary N) is 5. The van der Waals surface area contributed by atoms with Crippen molar-refractivity contribution in [2.75, 3.05) is 26.3 Å². The summed E-state index contributed by atoms with van der Waals surface area (Å²) in [5.74, 6) is -5.60. The second-order valence-electron chi connectivity index (χ2n) is 15.9. The molecule has 0 aromatic heterocycles. The number of nitrogens with zero attached hydrogens (tertiary/aromatic N) is 3. The molecule has 0 aliphatic carbocycles. The minimum atomic E-state index is -2.16. The number of hydrogen-bond donors (Lipinski definition) is 16. The van der Waals surface area contributed by atoms with Gasteiger partial charge in [-0.05, 0) is 23.3 Å². The van der Waals surface area contributed by atoms with Crippen LogP contribution in [0.5, 0.6) is 5.75 Å². The van der Waals surface area contributed by atoms with Gasteiger partial charge in [0.1, 0.15) is 72.8 Å². The smallest absolute Gasteiger partial charge is 0.246 e. The van der Waals surface area contributed by atoms with E-state index in [9.17, 15) is 64.8 Å². The number of aromatic hydroxyl groups is 1. The van der Waals surface area contributed by atoms with Gasteiger partial charge in [-0.2, -0.15) is 0 Å². The lowest BCUT2D eigenvalue weighted by Crippen LogP contribution is -2.70. The van der Waals surface area contributed by atoms with Crippen LogP contribution in [-0.2, 0) is 35.1 Å². The molecular formula is C40H57N11O14. The Labute approximate surface area is 371 Å². The molecule has 5 rings (SSSR count). The van der Waals surface area contributed by atoms with Crippen molar-refractivity contribution in [1.29, 1.82) is 0 Å². The number of ether oxygens (including phenoxy) is 1. The molecule has 25 nitrogen and oxygen atoms in total. The summed E-state index contributed by atoms with van der Waals surface area (Å²) in [6.07, 6.45) is -12.9. The summed E-state index contributed by atoms with van der Waals surface area (Å²) in [4.78, 5) is 77.2. The molecule has 0 spiro atoms. The first kappa shape index (κ1) is 50.0. The number of carbonyl (C=O) groups is 5. The van der Waals surface area contributed by atoms with Gasteiger partial charge in [-0.1, -0.05) is 49.4 Å². The molecule has 4 amide bonds. The van der Waals surface area contributed by atoms with E-state index in [1.165, 1.54) is 24.3 Å². The first-order valence-corrected chi connectivity index (χ1v) is 20.6. The molecular weight excluding hydrogens is 859 g/mol. The lowest BCUT2D eigenvalue weighted by molar-refractivity contribution is -0.260. The van der Waals surface area contributed by atoms with Crippen molar-refractivity contribution in [2.24, 2.45) is 27.2 Å². The predicted octanol–water partition coefficient (Wildman–Crippen LogP) is -8.00. The molecule has 15 unspecified atom stereocenters. The molecule has 3 aliphatic heterocycles. The van der Waals surface area contributed by atoms with Gasteiger partial charge in [0.15, 0.2) is 18.1 Å². The fraction of sp³-hybridized carbons (Fsp3) is 0.525. The maximum Gasteiger partial charge on any atom is 0.246 e. The highest BCUT2D eigenvalue weighted by molar-refractivity contribution is 5.96. The van der Waals surface area contributed by atoms with Crippen molar-refractivity contribution in [3.63, 3.8) is 0 Å². The van der Waals surface area contributed by atoms with E-state index in [0.29, 0.717) is 5.56 Å². The first-order chi connectivity index (χ1) is 30.9. The molecule has 15 atom stereocenters. The second-order valence-corrected chi connectivity index (χ2v) is 15.9. The summed E-state index contributed by atoms with van der Waals surface area (Å²) in [5, 5.41) is 97.1. The largest absolute Gasteiger partial charge is 0.508 e. The minimum Gasteiger partial charge on any atom is -0.508 e. The summed E-state index contributed by atoms with van der Waals surface area (Å²) < 4.78 is 5.63. The van der Waals surface area contributed by atoms with Crippen LogP contribution in [0.1, 0.15) is 24.0 Å². The molecule has 1 fully saturated rings. The van der Waals surface area contributed by atoms with E-state index in [4.69, 9.17) is 21.9 Å². The molecule has 2 aromatic rings. The van der Waals surface area contributed by atoms with Crippen LogP contribution in [0, 0.1) is 0 Å². The van der Waals surface area contributed by atoms with Gasteiger partial charge in [0.2, 0.25) is 23.6 Å². The lowest BCUT2D eigenvalue weighted by Gasteiger charge is -2.46. The number of amides is 4. The van der Waals surface area contributed by atoms with Crippen molar-refractivity contribution < 1.29 is 69.6 Å². The number of rotatable bonds is 20. The number of nitrogens with two attached hydrogens (primary N) is 3. The molecule has 0 saturated carbocycles. The van der Waals surface area contributed by atoms with Crippen LogP contribution in [0.2, 0.25) is 0 Å². The quantitative estimate of drug-likeness (QED) is 0.0549. The van der Waals surface area contributed by atoms with Crippen LogP contribution < -0.4 is 43.8 Å². The van der Waals surface area contributed by atoms with E-state index in [0.717, 1.165) is 10.5 Å². The normalized spacial score (nSPS) is 26.7. The molecule has 3 aliphatic rings. The summed E-state index contributed by atoms with van der Waals surface area (Å²) in [5.41, 5.74) is 19.5. The third-order valence-corrected chi connectivity index (χ3v) is 11.5.